The van der Waals surface area contributed by atoms with Crippen LogP contribution < -0.4 is 0 Å². The summed E-state index contributed by atoms with van der Waals surface area (Å²) in [4.78, 5) is 12.0. The number of halogens is 3. The van der Waals surface area contributed by atoms with Gasteiger partial charge in [0.2, 0.25) is 15.8 Å². The molecule has 0 radical (unpaired) electrons. The molecule has 1 heterocycles. The first-order valence-electron chi connectivity index (χ1n) is 13.4. The number of carbonyl (C=O) groups excluding carboxylic acids is 1. The van der Waals surface area contributed by atoms with Crippen molar-refractivity contribution in [3.8, 4) is 11.1 Å². The van der Waals surface area contributed by atoms with E-state index in [1.165, 1.54) is 0 Å². The van der Waals surface area contributed by atoms with Gasteiger partial charge in [-0.3, -0.25) is 4.79 Å². The van der Waals surface area contributed by atoms with Gasteiger partial charge in [0.15, 0.2) is 0 Å². The highest BCUT2D eigenvalue weighted by Crippen LogP contribution is 2.33. The molecule has 0 amide bonds. The van der Waals surface area contributed by atoms with Gasteiger partial charge in [-0.1, -0.05) is 66.2 Å². The van der Waals surface area contributed by atoms with Crippen LogP contribution in [0.5, 0.6) is 0 Å². The summed E-state index contributed by atoms with van der Waals surface area (Å²) in [6.45, 7) is 6.83. The van der Waals surface area contributed by atoms with E-state index < -0.39 is 22.0 Å². The van der Waals surface area contributed by atoms with Crippen molar-refractivity contribution >= 4 is 16.0 Å². The molecule has 0 atom stereocenters. The predicted octanol–water partition coefficient (Wildman–Crippen LogP) is 7.39. The molecule has 0 aliphatic carbocycles. The van der Waals surface area contributed by atoms with Gasteiger partial charge in [0, 0.05) is 6.54 Å². The first-order chi connectivity index (χ1) is 19.8. The van der Waals surface area contributed by atoms with Crippen LogP contribution in [0.25, 0.3) is 11.1 Å². The molecular formula is C32H32F3NO5S. The maximum Gasteiger partial charge on any atom is 0.449 e. The number of ether oxygens (including phenoxy) is 1. The Balaban J connectivity index is 1.65. The highest BCUT2D eigenvalue weighted by Gasteiger charge is 2.36. The second-order valence-electron chi connectivity index (χ2n) is 10.1. The first kappa shape index (κ1) is 31.1. The molecule has 42 heavy (non-hydrogen) atoms. The fourth-order valence-electron chi connectivity index (χ4n) is 4.96. The summed E-state index contributed by atoms with van der Waals surface area (Å²) in [6.07, 6.45) is -4.54. The smallest absolute Gasteiger partial charge is 0.449 e. The third-order valence-corrected chi connectivity index (χ3v) is 8.80. The fraction of sp³-hybridized carbons (Fsp3) is 0.281. The normalized spacial score (nSPS) is 12.1. The van der Waals surface area contributed by atoms with Crippen molar-refractivity contribution in [1.29, 1.82) is 0 Å². The Kier molecular flexibility index (Phi) is 9.27. The molecule has 0 bridgehead atoms. The minimum absolute atomic E-state index is 0.0969. The van der Waals surface area contributed by atoms with E-state index >= 15 is 0 Å². The standard InChI is InChI=1S/C32H32F3NO5S/c1-5-40-30(37)18-25-7-6-8-27(17-25)26-11-9-24(10-12-26)19-36(20-28-13-14-29(41-28)32(33,34)35)42(38,39)31-22(3)15-21(2)16-23(31)4/h6-17H,5,18-20H2,1-4H3. The zero-order valence-corrected chi connectivity index (χ0v) is 24.6. The highest BCUT2D eigenvalue weighted by atomic mass is 32.2. The van der Waals surface area contributed by atoms with E-state index in [1.807, 2.05) is 43.3 Å². The Morgan fingerprint density at radius 3 is 2.12 bits per heavy atom. The molecule has 0 unspecified atom stereocenters. The predicted molar refractivity (Wildman–Crippen MR) is 153 cm³/mol. The summed E-state index contributed by atoms with van der Waals surface area (Å²) < 4.78 is 78.7. The van der Waals surface area contributed by atoms with E-state index in [0.717, 1.165) is 38.7 Å². The van der Waals surface area contributed by atoms with E-state index in [0.29, 0.717) is 23.3 Å². The number of nitrogens with zero attached hydrogens (tertiary/aromatic N) is 1. The summed E-state index contributed by atoms with van der Waals surface area (Å²) in [5, 5.41) is 0. The van der Waals surface area contributed by atoms with Crippen molar-refractivity contribution in [1.82, 2.24) is 4.31 Å². The quantitative estimate of drug-likeness (QED) is 0.178. The van der Waals surface area contributed by atoms with Crippen molar-refractivity contribution in [3.63, 3.8) is 0 Å². The number of carbonyl (C=O) groups is 1. The van der Waals surface area contributed by atoms with Crippen molar-refractivity contribution in [2.24, 2.45) is 0 Å². The maximum absolute atomic E-state index is 14.0. The van der Waals surface area contributed by atoms with Crippen LogP contribution in [0.1, 0.15) is 46.3 Å². The second kappa shape index (κ2) is 12.5. The number of sulfonamides is 1. The number of aryl methyl sites for hydroxylation is 3. The average molecular weight is 600 g/mol. The third kappa shape index (κ3) is 7.30. The molecular weight excluding hydrogens is 567 g/mol. The van der Waals surface area contributed by atoms with Gasteiger partial charge in [0.1, 0.15) is 5.76 Å². The van der Waals surface area contributed by atoms with E-state index in [2.05, 4.69) is 0 Å². The number of hydrogen-bond acceptors (Lipinski definition) is 5. The van der Waals surface area contributed by atoms with Gasteiger partial charge in [0.05, 0.1) is 24.5 Å². The largest absolute Gasteiger partial charge is 0.466 e. The minimum atomic E-state index is -4.68. The molecule has 10 heteroatoms. The zero-order valence-electron chi connectivity index (χ0n) is 23.8. The van der Waals surface area contributed by atoms with Crippen LogP contribution in [-0.4, -0.2) is 25.3 Å². The number of furan rings is 1. The summed E-state index contributed by atoms with van der Waals surface area (Å²) in [5.41, 5.74) is 5.15. The average Bonchev–Trinajstić information content (AvgIpc) is 3.38. The SMILES string of the molecule is CCOC(=O)Cc1cccc(-c2ccc(CN(Cc3ccc(C(F)(F)F)o3)S(=O)(=O)c3c(C)cc(C)cc3C)cc2)c1. The number of hydrogen-bond donors (Lipinski definition) is 0. The summed E-state index contributed by atoms with van der Waals surface area (Å²) >= 11 is 0. The van der Waals surface area contributed by atoms with Crippen LogP contribution in [0.3, 0.4) is 0 Å². The van der Waals surface area contributed by atoms with Gasteiger partial charge in [0.25, 0.3) is 0 Å². The number of esters is 1. The van der Waals surface area contributed by atoms with Crippen LogP contribution in [0.15, 0.2) is 82.1 Å². The topological polar surface area (TPSA) is 76.8 Å². The number of rotatable bonds is 10. The van der Waals surface area contributed by atoms with Gasteiger partial charge in [-0.25, -0.2) is 8.42 Å². The van der Waals surface area contributed by atoms with Crippen molar-refractivity contribution in [2.75, 3.05) is 6.61 Å². The number of alkyl halides is 3. The van der Waals surface area contributed by atoms with E-state index in [-0.39, 0.29) is 36.1 Å². The zero-order chi connectivity index (χ0) is 30.7. The molecule has 222 valence electrons. The fourth-order valence-corrected chi connectivity index (χ4v) is 6.77. The van der Waals surface area contributed by atoms with Crippen molar-refractivity contribution in [3.05, 3.63) is 112 Å². The van der Waals surface area contributed by atoms with Gasteiger partial charge in [-0.2, -0.15) is 17.5 Å². The maximum atomic E-state index is 14.0. The van der Waals surface area contributed by atoms with Crippen molar-refractivity contribution < 1.29 is 35.5 Å². The lowest BCUT2D eigenvalue weighted by atomic mass is 10.0. The molecule has 0 saturated heterocycles. The van der Waals surface area contributed by atoms with Crippen LogP contribution >= 0.6 is 0 Å². The lowest BCUT2D eigenvalue weighted by molar-refractivity contribution is -0.153. The molecule has 4 aromatic rings. The lowest BCUT2D eigenvalue weighted by Gasteiger charge is -2.24. The van der Waals surface area contributed by atoms with Gasteiger partial charge in [-0.15, -0.1) is 0 Å². The Morgan fingerprint density at radius 1 is 0.857 bits per heavy atom. The molecule has 3 aromatic carbocycles. The summed E-state index contributed by atoms with van der Waals surface area (Å²) in [5.74, 6) is -1.63. The summed E-state index contributed by atoms with van der Waals surface area (Å²) in [6, 6.07) is 20.2. The van der Waals surface area contributed by atoms with Crippen LogP contribution in [-0.2, 0) is 45.2 Å². The molecule has 0 N–H and O–H groups in total. The lowest BCUT2D eigenvalue weighted by Crippen LogP contribution is -2.31. The third-order valence-electron chi connectivity index (χ3n) is 6.70. The molecule has 6 nitrogen and oxygen atoms in total. The number of benzene rings is 3. The molecule has 4 rings (SSSR count). The first-order valence-corrected chi connectivity index (χ1v) is 14.8. The van der Waals surface area contributed by atoms with Gasteiger partial charge in [-0.05, 0) is 73.2 Å². The minimum Gasteiger partial charge on any atom is -0.466 e. The van der Waals surface area contributed by atoms with Crippen LogP contribution in [0.4, 0.5) is 13.2 Å². The van der Waals surface area contributed by atoms with Gasteiger partial charge < -0.3 is 9.15 Å². The summed E-state index contributed by atoms with van der Waals surface area (Å²) in [7, 11) is -4.14. The van der Waals surface area contributed by atoms with Crippen LogP contribution in [0.2, 0.25) is 0 Å². The van der Waals surface area contributed by atoms with E-state index in [9.17, 15) is 26.4 Å². The molecule has 1 aromatic heterocycles. The highest BCUT2D eigenvalue weighted by molar-refractivity contribution is 7.89. The molecule has 0 saturated carbocycles. The Labute approximate surface area is 243 Å². The second-order valence-corrected chi connectivity index (χ2v) is 12.0. The van der Waals surface area contributed by atoms with Crippen LogP contribution in [0, 0.1) is 20.8 Å². The molecule has 0 aliphatic rings. The van der Waals surface area contributed by atoms with E-state index in [4.69, 9.17) is 9.15 Å². The molecule has 0 aliphatic heterocycles. The van der Waals surface area contributed by atoms with Gasteiger partial charge >= 0.3 is 12.1 Å². The molecule has 0 fully saturated rings. The Bertz CT molecular complexity index is 1650. The Morgan fingerprint density at radius 2 is 1.52 bits per heavy atom. The monoisotopic (exact) mass is 599 g/mol. The molecule has 0 spiro atoms. The Hall–Kier alpha value is -3.89. The van der Waals surface area contributed by atoms with E-state index in [1.54, 1.807) is 45.0 Å². The van der Waals surface area contributed by atoms with Crippen molar-refractivity contribution in [2.45, 2.75) is 58.3 Å².